The molecule has 0 unspecified atom stereocenters. The maximum absolute atomic E-state index is 11.2. The Balaban J connectivity index is 2.46. The van der Waals surface area contributed by atoms with Crippen LogP contribution in [0.5, 0.6) is 0 Å². The molecule has 12 heteroatoms. The quantitative estimate of drug-likeness (QED) is 0.258. The molecule has 0 aliphatic heterocycles. The molecule has 0 heterocycles. The Morgan fingerprint density at radius 2 is 2.04 bits per heavy atom. The first-order valence-corrected chi connectivity index (χ1v) is 6.67. The minimum absolute atomic E-state index is 0.335. The zero-order chi connectivity index (χ0) is 17.2. The SMILES string of the molecule is N/C(=N\N=C\c1c(Cl)cccc1Cl)NC(=O)OCCO[N+](=O)[O-]. The first-order valence-electron chi connectivity index (χ1n) is 5.91. The summed E-state index contributed by atoms with van der Waals surface area (Å²) in [6, 6.07) is 4.90. The van der Waals surface area contributed by atoms with Gasteiger partial charge in [-0.05, 0) is 12.1 Å². The molecule has 0 aromatic heterocycles. The number of benzene rings is 1. The molecule has 0 aliphatic carbocycles. The fraction of sp³-hybridized carbons (Fsp3) is 0.182. The Morgan fingerprint density at radius 3 is 2.65 bits per heavy atom. The summed E-state index contributed by atoms with van der Waals surface area (Å²) in [7, 11) is 0. The molecule has 0 bridgehead atoms. The Labute approximate surface area is 140 Å². The number of carbonyl (C=O) groups excluding carboxylic acids is 1. The molecule has 23 heavy (non-hydrogen) atoms. The van der Waals surface area contributed by atoms with Crippen LogP contribution in [0, 0.1) is 10.1 Å². The van der Waals surface area contributed by atoms with E-state index in [4.69, 9.17) is 28.9 Å². The van der Waals surface area contributed by atoms with E-state index in [1.54, 1.807) is 18.2 Å². The van der Waals surface area contributed by atoms with Gasteiger partial charge in [-0.15, -0.1) is 15.2 Å². The third-order valence-electron chi connectivity index (χ3n) is 2.10. The standard InChI is InChI=1S/C11H11Cl2N5O5/c12-8-2-1-3-9(13)7(8)6-15-17-10(14)16-11(19)22-4-5-23-18(20)21/h1-3,6H,4-5H2,(H3,14,16,17,19)/b15-6+. The van der Waals surface area contributed by atoms with Crippen molar-refractivity contribution < 1.29 is 19.5 Å². The third-order valence-corrected chi connectivity index (χ3v) is 2.75. The second kappa shape index (κ2) is 9.43. The van der Waals surface area contributed by atoms with Crippen LogP contribution in [0.3, 0.4) is 0 Å². The van der Waals surface area contributed by atoms with Gasteiger partial charge in [-0.2, -0.15) is 5.10 Å². The largest absolute Gasteiger partial charge is 0.447 e. The van der Waals surface area contributed by atoms with Gasteiger partial charge in [0.25, 0.3) is 5.09 Å². The Hall–Kier alpha value is -2.59. The molecular weight excluding hydrogens is 353 g/mol. The van der Waals surface area contributed by atoms with Crippen LogP contribution in [0.4, 0.5) is 4.79 Å². The van der Waals surface area contributed by atoms with E-state index in [0.29, 0.717) is 15.6 Å². The maximum Gasteiger partial charge on any atom is 0.414 e. The predicted molar refractivity (Wildman–Crippen MR) is 83.1 cm³/mol. The molecule has 0 fully saturated rings. The van der Waals surface area contributed by atoms with E-state index in [1.807, 2.05) is 5.32 Å². The summed E-state index contributed by atoms with van der Waals surface area (Å²) in [4.78, 5) is 25.0. The van der Waals surface area contributed by atoms with Crippen molar-refractivity contribution in [3.63, 3.8) is 0 Å². The van der Waals surface area contributed by atoms with E-state index in [2.05, 4.69) is 19.8 Å². The number of alkyl carbamates (subject to hydrolysis) is 1. The minimum atomic E-state index is -1.01. The number of halogens is 2. The van der Waals surface area contributed by atoms with Crippen molar-refractivity contribution in [2.75, 3.05) is 13.2 Å². The zero-order valence-electron chi connectivity index (χ0n) is 11.4. The Kier molecular flexibility index (Phi) is 7.57. The molecule has 3 N–H and O–H groups in total. The van der Waals surface area contributed by atoms with E-state index in [0.717, 1.165) is 0 Å². The highest BCUT2D eigenvalue weighted by molar-refractivity contribution is 6.38. The summed E-state index contributed by atoms with van der Waals surface area (Å²) < 4.78 is 4.53. The molecule has 10 nitrogen and oxygen atoms in total. The van der Waals surface area contributed by atoms with Gasteiger partial charge in [0.15, 0.2) is 0 Å². The van der Waals surface area contributed by atoms with Crippen LogP contribution in [0.2, 0.25) is 10.0 Å². The smallest absolute Gasteiger partial charge is 0.414 e. The van der Waals surface area contributed by atoms with Gasteiger partial charge in [0, 0.05) is 5.56 Å². The van der Waals surface area contributed by atoms with Crippen LogP contribution in [-0.4, -0.2) is 36.6 Å². The molecule has 0 aliphatic rings. The van der Waals surface area contributed by atoms with Gasteiger partial charge in [-0.3, -0.25) is 5.32 Å². The number of guanidine groups is 1. The van der Waals surface area contributed by atoms with Gasteiger partial charge in [-0.25, -0.2) is 4.79 Å². The summed E-state index contributed by atoms with van der Waals surface area (Å²) in [6.45, 7) is -0.737. The summed E-state index contributed by atoms with van der Waals surface area (Å²) in [5.41, 5.74) is 5.82. The van der Waals surface area contributed by atoms with Gasteiger partial charge < -0.3 is 15.3 Å². The number of amides is 1. The van der Waals surface area contributed by atoms with Crippen molar-refractivity contribution in [3.05, 3.63) is 43.9 Å². The number of rotatable bonds is 6. The highest BCUT2D eigenvalue weighted by atomic mass is 35.5. The van der Waals surface area contributed by atoms with Crippen molar-refractivity contribution in [1.82, 2.24) is 5.32 Å². The normalized spacial score (nSPS) is 11.3. The van der Waals surface area contributed by atoms with E-state index >= 15 is 0 Å². The number of carbonyl (C=O) groups is 1. The third kappa shape index (κ3) is 7.29. The van der Waals surface area contributed by atoms with Crippen molar-refractivity contribution in [1.29, 1.82) is 0 Å². The van der Waals surface area contributed by atoms with E-state index in [1.165, 1.54) is 6.21 Å². The topological polar surface area (TPSA) is 141 Å². The Bertz CT molecular complexity index is 617. The first-order chi connectivity index (χ1) is 10.9. The lowest BCUT2D eigenvalue weighted by Gasteiger charge is -2.04. The maximum atomic E-state index is 11.2. The predicted octanol–water partition coefficient (Wildman–Crippen LogP) is 1.58. The van der Waals surface area contributed by atoms with Gasteiger partial charge >= 0.3 is 6.09 Å². The lowest BCUT2D eigenvalue weighted by Crippen LogP contribution is -2.37. The number of nitrogens with two attached hydrogens (primary N) is 1. The average molecular weight is 364 g/mol. The van der Waals surface area contributed by atoms with Gasteiger partial charge in [0.05, 0.1) is 16.3 Å². The molecule has 1 aromatic rings. The van der Waals surface area contributed by atoms with Crippen LogP contribution in [-0.2, 0) is 9.57 Å². The van der Waals surface area contributed by atoms with Crippen molar-refractivity contribution in [2.24, 2.45) is 15.9 Å². The van der Waals surface area contributed by atoms with Gasteiger partial charge in [0.2, 0.25) is 5.96 Å². The van der Waals surface area contributed by atoms with Crippen LogP contribution < -0.4 is 11.1 Å². The summed E-state index contributed by atoms with van der Waals surface area (Å²) in [5, 5.41) is 18.7. The number of nitrogens with one attached hydrogen (secondary N) is 1. The van der Waals surface area contributed by atoms with Crippen molar-refractivity contribution >= 4 is 41.5 Å². The second-order valence-electron chi connectivity index (χ2n) is 3.68. The molecule has 1 rings (SSSR count). The van der Waals surface area contributed by atoms with Gasteiger partial charge in [-0.1, -0.05) is 29.3 Å². The van der Waals surface area contributed by atoms with Crippen molar-refractivity contribution in [3.8, 4) is 0 Å². The molecule has 0 spiro atoms. The lowest BCUT2D eigenvalue weighted by molar-refractivity contribution is -0.757. The van der Waals surface area contributed by atoms with E-state index in [-0.39, 0.29) is 12.6 Å². The fourth-order valence-corrected chi connectivity index (χ4v) is 1.69. The zero-order valence-corrected chi connectivity index (χ0v) is 13.0. The molecular formula is C11H11Cl2N5O5. The fourth-order valence-electron chi connectivity index (χ4n) is 1.19. The molecule has 0 saturated carbocycles. The lowest BCUT2D eigenvalue weighted by atomic mass is 10.2. The monoisotopic (exact) mass is 363 g/mol. The molecule has 124 valence electrons. The second-order valence-corrected chi connectivity index (χ2v) is 4.50. The highest BCUT2D eigenvalue weighted by Crippen LogP contribution is 2.22. The van der Waals surface area contributed by atoms with E-state index < -0.39 is 17.8 Å². The number of nitrogens with zero attached hydrogens (tertiary/aromatic N) is 3. The summed E-state index contributed by atoms with van der Waals surface area (Å²) in [5.74, 6) is -0.357. The molecule has 0 atom stereocenters. The van der Waals surface area contributed by atoms with Crippen LogP contribution in [0.1, 0.15) is 5.56 Å². The number of hydrogen-bond donors (Lipinski definition) is 2. The average Bonchev–Trinajstić information content (AvgIpc) is 2.46. The van der Waals surface area contributed by atoms with E-state index in [9.17, 15) is 14.9 Å². The first kappa shape index (κ1) is 18.5. The molecule has 1 amide bonds. The number of ether oxygens (including phenoxy) is 1. The Morgan fingerprint density at radius 1 is 1.39 bits per heavy atom. The van der Waals surface area contributed by atoms with Crippen LogP contribution in [0.15, 0.2) is 28.4 Å². The molecule has 0 saturated heterocycles. The highest BCUT2D eigenvalue weighted by Gasteiger charge is 2.05. The molecule has 1 aromatic carbocycles. The van der Waals surface area contributed by atoms with Crippen LogP contribution in [0.25, 0.3) is 0 Å². The van der Waals surface area contributed by atoms with Gasteiger partial charge in [0.1, 0.15) is 13.2 Å². The van der Waals surface area contributed by atoms with Crippen molar-refractivity contribution in [2.45, 2.75) is 0 Å². The summed E-state index contributed by atoms with van der Waals surface area (Å²) >= 11 is 11.8. The summed E-state index contributed by atoms with van der Waals surface area (Å²) in [6.07, 6.45) is 0.291. The van der Waals surface area contributed by atoms with Crippen LogP contribution >= 0.6 is 23.2 Å². The minimum Gasteiger partial charge on any atom is -0.447 e. The molecule has 0 radical (unpaired) electrons. The number of hydrogen-bond acceptors (Lipinski definition) is 7.